The zero-order valence-corrected chi connectivity index (χ0v) is 11.9. The number of nitrogens with two attached hydrogens (primary N) is 2. The van der Waals surface area contributed by atoms with Crippen LogP contribution in [0.2, 0.25) is 0 Å². The SMILES string of the molecule is CCCCN(CC(N)=O)C(=O)c1c(N)cccc1OC. The van der Waals surface area contributed by atoms with Gasteiger partial charge in [0.15, 0.2) is 0 Å². The number of rotatable bonds is 7. The predicted octanol–water partition coefficient (Wildman–Crippen LogP) is 1.01. The highest BCUT2D eigenvalue weighted by molar-refractivity contribution is 6.03. The van der Waals surface area contributed by atoms with Crippen molar-refractivity contribution in [3.63, 3.8) is 0 Å². The summed E-state index contributed by atoms with van der Waals surface area (Å²) in [6, 6.07) is 4.99. The minimum absolute atomic E-state index is 0.129. The summed E-state index contributed by atoms with van der Waals surface area (Å²) < 4.78 is 5.16. The molecule has 0 aliphatic carbocycles. The number of nitrogen functional groups attached to an aromatic ring is 1. The molecule has 0 saturated carbocycles. The largest absolute Gasteiger partial charge is 0.496 e. The van der Waals surface area contributed by atoms with Gasteiger partial charge >= 0.3 is 0 Å². The van der Waals surface area contributed by atoms with Gasteiger partial charge in [-0.25, -0.2) is 0 Å². The molecule has 0 fully saturated rings. The van der Waals surface area contributed by atoms with Crippen molar-refractivity contribution in [2.24, 2.45) is 5.73 Å². The number of unbranched alkanes of at least 4 members (excludes halogenated alkanes) is 1. The molecule has 0 aromatic heterocycles. The van der Waals surface area contributed by atoms with Gasteiger partial charge in [0.2, 0.25) is 5.91 Å². The maximum atomic E-state index is 12.5. The number of hydrogen-bond acceptors (Lipinski definition) is 4. The van der Waals surface area contributed by atoms with E-state index >= 15 is 0 Å². The average molecular weight is 279 g/mol. The Morgan fingerprint density at radius 2 is 2.05 bits per heavy atom. The Morgan fingerprint density at radius 1 is 1.35 bits per heavy atom. The molecule has 6 heteroatoms. The normalized spacial score (nSPS) is 10.1. The van der Waals surface area contributed by atoms with Crippen LogP contribution in [0.4, 0.5) is 5.69 Å². The molecule has 0 unspecified atom stereocenters. The van der Waals surface area contributed by atoms with Crippen LogP contribution in [0.3, 0.4) is 0 Å². The van der Waals surface area contributed by atoms with Crippen LogP contribution in [0, 0.1) is 0 Å². The molecule has 110 valence electrons. The number of anilines is 1. The van der Waals surface area contributed by atoms with E-state index in [2.05, 4.69) is 0 Å². The fraction of sp³-hybridized carbons (Fsp3) is 0.429. The Morgan fingerprint density at radius 3 is 2.60 bits per heavy atom. The highest BCUT2D eigenvalue weighted by Gasteiger charge is 2.22. The lowest BCUT2D eigenvalue weighted by Gasteiger charge is -2.22. The second kappa shape index (κ2) is 7.37. The molecule has 1 rings (SSSR count). The first kappa shape index (κ1) is 15.8. The molecule has 6 nitrogen and oxygen atoms in total. The van der Waals surface area contributed by atoms with Crippen molar-refractivity contribution in [2.75, 3.05) is 25.9 Å². The molecule has 1 aromatic rings. The summed E-state index contributed by atoms with van der Waals surface area (Å²) >= 11 is 0. The molecule has 20 heavy (non-hydrogen) atoms. The molecule has 0 spiro atoms. The smallest absolute Gasteiger partial charge is 0.260 e. The monoisotopic (exact) mass is 279 g/mol. The van der Waals surface area contributed by atoms with Gasteiger partial charge in [0.1, 0.15) is 11.3 Å². The Labute approximate surface area is 118 Å². The maximum Gasteiger partial charge on any atom is 0.260 e. The van der Waals surface area contributed by atoms with E-state index in [0.29, 0.717) is 18.0 Å². The Hall–Kier alpha value is -2.24. The second-order valence-electron chi connectivity index (χ2n) is 4.47. The average Bonchev–Trinajstić information content (AvgIpc) is 2.41. The fourth-order valence-corrected chi connectivity index (χ4v) is 1.89. The highest BCUT2D eigenvalue weighted by Crippen LogP contribution is 2.25. The first-order valence-electron chi connectivity index (χ1n) is 6.51. The van der Waals surface area contributed by atoms with Crippen molar-refractivity contribution >= 4 is 17.5 Å². The van der Waals surface area contributed by atoms with E-state index in [4.69, 9.17) is 16.2 Å². The third-order valence-corrected chi connectivity index (χ3v) is 2.91. The van der Waals surface area contributed by atoms with Gasteiger partial charge in [-0.2, -0.15) is 0 Å². The van der Waals surface area contributed by atoms with Gasteiger partial charge in [-0.3, -0.25) is 9.59 Å². The standard InChI is InChI=1S/C14H21N3O3/c1-3-4-8-17(9-12(16)18)14(19)13-10(15)6-5-7-11(13)20-2/h5-7H,3-4,8-9,15H2,1-2H3,(H2,16,18). The van der Waals surface area contributed by atoms with Crippen LogP contribution in [0.5, 0.6) is 5.75 Å². The van der Waals surface area contributed by atoms with Crippen LogP contribution in [0.1, 0.15) is 30.1 Å². The molecular weight excluding hydrogens is 258 g/mol. The highest BCUT2D eigenvalue weighted by atomic mass is 16.5. The Kier molecular flexibility index (Phi) is 5.83. The van der Waals surface area contributed by atoms with Crippen LogP contribution in [-0.2, 0) is 4.79 Å². The number of ether oxygens (including phenoxy) is 1. The van der Waals surface area contributed by atoms with Crippen LogP contribution in [0.25, 0.3) is 0 Å². The molecule has 0 atom stereocenters. The molecule has 0 aliphatic heterocycles. The van der Waals surface area contributed by atoms with E-state index in [9.17, 15) is 9.59 Å². The summed E-state index contributed by atoms with van der Waals surface area (Å²) in [6.07, 6.45) is 1.69. The molecule has 0 bridgehead atoms. The zero-order chi connectivity index (χ0) is 15.1. The minimum atomic E-state index is -0.553. The number of primary amides is 1. The molecule has 0 aliphatic rings. The van der Waals surface area contributed by atoms with Crippen LogP contribution >= 0.6 is 0 Å². The van der Waals surface area contributed by atoms with Gasteiger partial charge in [0, 0.05) is 12.2 Å². The first-order valence-corrected chi connectivity index (χ1v) is 6.51. The summed E-state index contributed by atoms with van der Waals surface area (Å²) in [6.45, 7) is 2.33. The van der Waals surface area contributed by atoms with Crippen molar-refractivity contribution in [1.82, 2.24) is 4.90 Å². The molecule has 0 heterocycles. The molecule has 2 amide bonds. The molecule has 0 radical (unpaired) electrons. The summed E-state index contributed by atoms with van der Waals surface area (Å²) in [5.74, 6) is -0.504. The van der Waals surface area contributed by atoms with Gasteiger partial charge < -0.3 is 21.1 Å². The van der Waals surface area contributed by atoms with E-state index in [1.165, 1.54) is 12.0 Å². The minimum Gasteiger partial charge on any atom is -0.496 e. The number of carbonyl (C=O) groups is 2. The number of methoxy groups -OCH3 is 1. The van der Waals surface area contributed by atoms with E-state index in [-0.39, 0.29) is 18.0 Å². The summed E-state index contributed by atoms with van der Waals surface area (Å²) in [4.78, 5) is 25.1. The number of carbonyl (C=O) groups excluding carboxylic acids is 2. The number of amides is 2. The van der Waals surface area contributed by atoms with E-state index in [1.54, 1.807) is 18.2 Å². The van der Waals surface area contributed by atoms with E-state index in [0.717, 1.165) is 12.8 Å². The lowest BCUT2D eigenvalue weighted by Crippen LogP contribution is -2.39. The van der Waals surface area contributed by atoms with Crippen LogP contribution in [0.15, 0.2) is 18.2 Å². The van der Waals surface area contributed by atoms with E-state index in [1.807, 2.05) is 6.92 Å². The van der Waals surface area contributed by atoms with Crippen molar-refractivity contribution in [1.29, 1.82) is 0 Å². The number of benzene rings is 1. The quantitative estimate of drug-likeness (QED) is 0.727. The molecule has 1 aromatic carbocycles. The van der Waals surface area contributed by atoms with Crippen molar-refractivity contribution in [3.05, 3.63) is 23.8 Å². The maximum absolute atomic E-state index is 12.5. The van der Waals surface area contributed by atoms with Crippen molar-refractivity contribution in [2.45, 2.75) is 19.8 Å². The van der Waals surface area contributed by atoms with Gasteiger partial charge in [-0.05, 0) is 18.6 Å². The van der Waals surface area contributed by atoms with Gasteiger partial charge in [0.25, 0.3) is 5.91 Å². The molecular formula is C14H21N3O3. The fourth-order valence-electron chi connectivity index (χ4n) is 1.89. The summed E-state index contributed by atoms with van der Waals surface area (Å²) in [5.41, 5.74) is 11.6. The molecule has 0 saturated heterocycles. The van der Waals surface area contributed by atoms with Crippen LogP contribution in [-0.4, -0.2) is 36.9 Å². The lowest BCUT2D eigenvalue weighted by molar-refractivity contribution is -0.118. The third kappa shape index (κ3) is 3.88. The topological polar surface area (TPSA) is 98.7 Å². The number of nitrogens with zero attached hydrogens (tertiary/aromatic N) is 1. The zero-order valence-electron chi connectivity index (χ0n) is 11.9. The van der Waals surface area contributed by atoms with Crippen LogP contribution < -0.4 is 16.2 Å². The predicted molar refractivity (Wildman–Crippen MR) is 77.4 cm³/mol. The first-order chi connectivity index (χ1) is 9.51. The van der Waals surface area contributed by atoms with Gasteiger partial charge in [-0.15, -0.1) is 0 Å². The van der Waals surface area contributed by atoms with Crippen molar-refractivity contribution < 1.29 is 14.3 Å². The summed E-state index contributed by atoms with van der Waals surface area (Å²) in [5, 5.41) is 0. The third-order valence-electron chi connectivity index (χ3n) is 2.91. The van der Waals surface area contributed by atoms with E-state index < -0.39 is 5.91 Å². The molecule has 4 N–H and O–H groups in total. The van der Waals surface area contributed by atoms with Gasteiger partial charge in [0.05, 0.1) is 13.7 Å². The van der Waals surface area contributed by atoms with Gasteiger partial charge in [-0.1, -0.05) is 19.4 Å². The van der Waals surface area contributed by atoms with Crippen molar-refractivity contribution in [3.8, 4) is 5.75 Å². The lowest BCUT2D eigenvalue weighted by atomic mass is 10.1. The Bertz CT molecular complexity index is 489. The Balaban J connectivity index is 3.07. The number of hydrogen-bond donors (Lipinski definition) is 2. The second-order valence-corrected chi connectivity index (χ2v) is 4.47. The summed E-state index contributed by atoms with van der Waals surface area (Å²) in [7, 11) is 1.47.